The van der Waals surface area contributed by atoms with Crippen LogP contribution in [0.25, 0.3) is 0 Å². The molecule has 0 spiro atoms. The SMILES string of the molecule is NC(=S)NN=Cc1ccc(NCc2ccc(F)cc2)c([N+](=O)[O-])c1. The largest absolute Gasteiger partial charge is 0.375 e. The molecule has 0 unspecified atom stereocenters. The molecule has 0 amide bonds. The molecule has 2 rings (SSSR count). The quantitative estimate of drug-likeness (QED) is 0.321. The summed E-state index contributed by atoms with van der Waals surface area (Å²) >= 11 is 4.60. The van der Waals surface area contributed by atoms with Gasteiger partial charge in [0, 0.05) is 18.2 Å². The Morgan fingerprint density at radius 1 is 1.33 bits per heavy atom. The van der Waals surface area contributed by atoms with Crippen LogP contribution in [0.15, 0.2) is 47.6 Å². The summed E-state index contributed by atoms with van der Waals surface area (Å²) < 4.78 is 12.9. The summed E-state index contributed by atoms with van der Waals surface area (Å²) in [5.41, 5.74) is 9.16. The molecule has 0 fully saturated rings. The molecular formula is C15H14FN5O2S. The number of nitro groups is 1. The number of hydrogen-bond acceptors (Lipinski definition) is 5. The van der Waals surface area contributed by atoms with Crippen molar-refractivity contribution in [2.24, 2.45) is 10.8 Å². The molecule has 0 bridgehead atoms. The van der Waals surface area contributed by atoms with Crippen molar-refractivity contribution in [3.8, 4) is 0 Å². The first-order valence-electron chi connectivity index (χ1n) is 6.81. The number of nitro benzene ring substituents is 1. The van der Waals surface area contributed by atoms with Gasteiger partial charge in [-0.3, -0.25) is 15.5 Å². The van der Waals surface area contributed by atoms with E-state index in [0.717, 1.165) is 5.56 Å². The van der Waals surface area contributed by atoms with E-state index in [4.69, 9.17) is 5.73 Å². The summed E-state index contributed by atoms with van der Waals surface area (Å²) in [5, 5.41) is 17.9. The van der Waals surface area contributed by atoms with Crippen molar-refractivity contribution >= 4 is 34.9 Å². The first-order valence-corrected chi connectivity index (χ1v) is 7.22. The van der Waals surface area contributed by atoms with Crippen molar-refractivity contribution in [2.45, 2.75) is 6.54 Å². The normalized spacial score (nSPS) is 10.5. The van der Waals surface area contributed by atoms with E-state index in [1.807, 2.05) is 0 Å². The Hall–Kier alpha value is -3.07. The molecule has 24 heavy (non-hydrogen) atoms. The van der Waals surface area contributed by atoms with Crippen LogP contribution < -0.4 is 16.5 Å². The van der Waals surface area contributed by atoms with Crippen molar-refractivity contribution in [1.82, 2.24) is 5.43 Å². The van der Waals surface area contributed by atoms with Gasteiger partial charge in [0.1, 0.15) is 11.5 Å². The highest BCUT2D eigenvalue weighted by Gasteiger charge is 2.14. The topological polar surface area (TPSA) is 106 Å². The van der Waals surface area contributed by atoms with Crippen LogP contribution in [0.3, 0.4) is 0 Å². The number of rotatable bonds is 6. The molecule has 9 heteroatoms. The predicted octanol–water partition coefficient (Wildman–Crippen LogP) is 2.51. The van der Waals surface area contributed by atoms with Gasteiger partial charge in [-0.15, -0.1) is 0 Å². The van der Waals surface area contributed by atoms with E-state index >= 15 is 0 Å². The summed E-state index contributed by atoms with van der Waals surface area (Å²) in [5.74, 6) is -0.334. The third-order valence-corrected chi connectivity index (χ3v) is 3.09. The van der Waals surface area contributed by atoms with Gasteiger partial charge in [-0.1, -0.05) is 18.2 Å². The fraction of sp³-hybridized carbons (Fsp3) is 0.0667. The zero-order valence-corrected chi connectivity index (χ0v) is 13.2. The average molecular weight is 347 g/mol. The third-order valence-electron chi connectivity index (χ3n) is 3.00. The first kappa shape index (κ1) is 17.3. The highest BCUT2D eigenvalue weighted by molar-refractivity contribution is 7.80. The first-order chi connectivity index (χ1) is 11.5. The maximum absolute atomic E-state index is 12.9. The zero-order valence-electron chi connectivity index (χ0n) is 12.4. The number of hydrazone groups is 1. The van der Waals surface area contributed by atoms with Crippen molar-refractivity contribution in [1.29, 1.82) is 0 Å². The molecule has 0 saturated heterocycles. The van der Waals surface area contributed by atoms with Crippen LogP contribution in [0, 0.1) is 15.9 Å². The number of nitrogens with zero attached hydrogens (tertiary/aromatic N) is 2. The molecule has 0 saturated carbocycles. The van der Waals surface area contributed by atoms with Gasteiger partial charge in [0.05, 0.1) is 11.1 Å². The molecule has 0 aliphatic heterocycles. The lowest BCUT2D eigenvalue weighted by Gasteiger charge is -2.08. The lowest BCUT2D eigenvalue weighted by molar-refractivity contribution is -0.384. The Bertz CT molecular complexity index is 780. The lowest BCUT2D eigenvalue weighted by atomic mass is 10.1. The molecule has 0 aromatic heterocycles. The Labute approximate surface area is 142 Å². The highest BCUT2D eigenvalue weighted by Crippen LogP contribution is 2.25. The van der Waals surface area contributed by atoms with Gasteiger partial charge >= 0.3 is 0 Å². The Balaban J connectivity index is 2.14. The number of hydrogen-bond donors (Lipinski definition) is 3. The molecule has 0 aliphatic rings. The minimum absolute atomic E-state index is 0.00154. The standard InChI is InChI=1S/C15H14FN5O2S/c16-12-4-1-10(2-5-12)8-18-13-6-3-11(7-14(13)21(22)23)9-19-20-15(17)24/h1-7,9,18H,8H2,(H3,17,20,24). The average Bonchev–Trinajstić information content (AvgIpc) is 2.54. The van der Waals surface area contributed by atoms with Crippen LogP contribution in [-0.2, 0) is 6.54 Å². The minimum atomic E-state index is -0.495. The monoisotopic (exact) mass is 347 g/mol. The van der Waals surface area contributed by atoms with Gasteiger partial charge < -0.3 is 11.1 Å². The summed E-state index contributed by atoms with van der Waals surface area (Å²) in [6.45, 7) is 0.331. The minimum Gasteiger partial charge on any atom is -0.375 e. The summed E-state index contributed by atoms with van der Waals surface area (Å²) in [4.78, 5) is 10.7. The maximum atomic E-state index is 12.9. The number of benzene rings is 2. The summed E-state index contributed by atoms with van der Waals surface area (Å²) in [6.07, 6.45) is 1.37. The van der Waals surface area contributed by atoms with Crippen molar-refractivity contribution in [3.63, 3.8) is 0 Å². The van der Waals surface area contributed by atoms with Crippen molar-refractivity contribution < 1.29 is 9.31 Å². The molecule has 0 heterocycles. The van der Waals surface area contributed by atoms with E-state index in [2.05, 4.69) is 28.1 Å². The summed E-state index contributed by atoms with van der Waals surface area (Å²) in [7, 11) is 0. The second-order valence-electron chi connectivity index (χ2n) is 4.75. The van der Waals surface area contributed by atoms with Crippen LogP contribution in [0.4, 0.5) is 15.8 Å². The number of anilines is 1. The Morgan fingerprint density at radius 2 is 2.04 bits per heavy atom. The van der Waals surface area contributed by atoms with Crippen LogP contribution >= 0.6 is 12.2 Å². The number of nitrogens with two attached hydrogens (primary N) is 1. The fourth-order valence-corrected chi connectivity index (χ4v) is 1.95. The molecule has 124 valence electrons. The van der Waals surface area contributed by atoms with Crippen molar-refractivity contribution in [3.05, 3.63) is 69.5 Å². The maximum Gasteiger partial charge on any atom is 0.292 e. The smallest absolute Gasteiger partial charge is 0.292 e. The predicted molar refractivity (Wildman–Crippen MR) is 94.3 cm³/mol. The van der Waals surface area contributed by atoms with Gasteiger partial charge in [0.15, 0.2) is 5.11 Å². The molecule has 0 radical (unpaired) electrons. The van der Waals surface area contributed by atoms with Gasteiger partial charge in [0.25, 0.3) is 5.69 Å². The Morgan fingerprint density at radius 3 is 2.67 bits per heavy atom. The van der Waals surface area contributed by atoms with Crippen LogP contribution in [0.1, 0.15) is 11.1 Å². The van der Waals surface area contributed by atoms with Crippen LogP contribution in [0.5, 0.6) is 0 Å². The second kappa shape index (κ2) is 7.97. The number of thiocarbonyl (C=S) groups is 1. The lowest BCUT2D eigenvalue weighted by Crippen LogP contribution is -2.23. The third kappa shape index (κ3) is 4.99. The molecular weight excluding hydrogens is 333 g/mol. The van der Waals surface area contributed by atoms with Crippen LogP contribution in [-0.4, -0.2) is 16.3 Å². The van der Waals surface area contributed by atoms with Crippen LogP contribution in [0.2, 0.25) is 0 Å². The Kier molecular flexibility index (Phi) is 5.74. The van der Waals surface area contributed by atoms with Gasteiger partial charge in [-0.05, 0) is 36.0 Å². The molecule has 0 aliphatic carbocycles. The van der Waals surface area contributed by atoms with E-state index in [1.54, 1.807) is 24.3 Å². The van der Waals surface area contributed by atoms with Gasteiger partial charge in [-0.25, -0.2) is 4.39 Å². The van der Waals surface area contributed by atoms with E-state index in [1.165, 1.54) is 24.4 Å². The van der Waals surface area contributed by atoms with E-state index in [-0.39, 0.29) is 16.6 Å². The van der Waals surface area contributed by atoms with E-state index in [0.29, 0.717) is 17.8 Å². The fourth-order valence-electron chi connectivity index (χ4n) is 1.90. The highest BCUT2D eigenvalue weighted by atomic mass is 32.1. The zero-order chi connectivity index (χ0) is 17.5. The number of nitrogens with one attached hydrogen (secondary N) is 2. The molecule has 0 atom stereocenters. The number of halogens is 1. The van der Waals surface area contributed by atoms with Crippen molar-refractivity contribution in [2.75, 3.05) is 5.32 Å². The summed E-state index contributed by atoms with van der Waals surface area (Å²) in [6, 6.07) is 10.5. The second-order valence-corrected chi connectivity index (χ2v) is 5.19. The van der Waals surface area contributed by atoms with E-state index < -0.39 is 4.92 Å². The van der Waals surface area contributed by atoms with Gasteiger partial charge in [-0.2, -0.15) is 5.10 Å². The molecule has 2 aromatic carbocycles. The molecule has 4 N–H and O–H groups in total. The van der Waals surface area contributed by atoms with Gasteiger partial charge in [0.2, 0.25) is 0 Å². The molecule has 2 aromatic rings. The van der Waals surface area contributed by atoms with E-state index in [9.17, 15) is 14.5 Å². The molecule has 7 nitrogen and oxygen atoms in total.